The average molecular weight is 364 g/mol. The highest BCUT2D eigenvalue weighted by atomic mass is 79.9. The molecule has 1 aromatic carbocycles. The highest BCUT2D eigenvalue weighted by Gasteiger charge is 2.20. The Labute approximate surface area is 123 Å². The average Bonchev–Trinajstić information content (AvgIpc) is 2.63. The van der Waals surface area contributed by atoms with Crippen molar-refractivity contribution in [3.8, 4) is 0 Å². The molecule has 0 bridgehead atoms. The molecule has 0 fully saturated rings. The smallest absolute Gasteiger partial charge is 0.263 e. The van der Waals surface area contributed by atoms with Gasteiger partial charge in [0, 0.05) is 4.88 Å². The van der Waals surface area contributed by atoms with E-state index >= 15 is 0 Å². The van der Waals surface area contributed by atoms with Crippen LogP contribution in [0.3, 0.4) is 0 Å². The van der Waals surface area contributed by atoms with Crippen LogP contribution < -0.4 is 4.72 Å². The summed E-state index contributed by atoms with van der Waals surface area (Å²) in [6.45, 7) is 3.44. The topological polar surface area (TPSA) is 46.2 Å². The summed E-state index contributed by atoms with van der Waals surface area (Å²) in [5.41, 5.74) is 0.915. The van der Waals surface area contributed by atoms with Gasteiger partial charge in [-0.15, -0.1) is 11.3 Å². The molecule has 2 aromatic rings. The van der Waals surface area contributed by atoms with Crippen LogP contribution in [0.2, 0.25) is 0 Å². The number of hydrogen-bond donors (Lipinski definition) is 1. The summed E-state index contributed by atoms with van der Waals surface area (Å²) in [5, 5.41) is 0. The van der Waals surface area contributed by atoms with E-state index in [4.69, 9.17) is 0 Å². The van der Waals surface area contributed by atoms with E-state index in [9.17, 15) is 12.8 Å². The number of hydrogen-bond acceptors (Lipinski definition) is 3. The maximum Gasteiger partial charge on any atom is 0.263 e. The Balaban J connectivity index is 2.42. The molecule has 0 saturated heterocycles. The van der Waals surface area contributed by atoms with Crippen molar-refractivity contribution in [2.75, 3.05) is 4.72 Å². The normalized spacial score (nSPS) is 11.6. The maximum absolute atomic E-state index is 13.2. The Bertz CT molecular complexity index is 725. The number of anilines is 1. The minimum Gasteiger partial charge on any atom is -0.279 e. The van der Waals surface area contributed by atoms with E-state index in [1.54, 1.807) is 13.8 Å². The van der Waals surface area contributed by atoms with Crippen LogP contribution in [0.4, 0.5) is 10.1 Å². The molecule has 0 unspecified atom stereocenters. The van der Waals surface area contributed by atoms with E-state index in [1.165, 1.54) is 35.6 Å². The van der Waals surface area contributed by atoms with Crippen LogP contribution in [0.15, 0.2) is 32.9 Å². The molecule has 3 nitrogen and oxygen atoms in total. The van der Waals surface area contributed by atoms with Crippen LogP contribution in [0.25, 0.3) is 0 Å². The third kappa shape index (κ3) is 3.16. The lowest BCUT2D eigenvalue weighted by Crippen LogP contribution is -2.14. The van der Waals surface area contributed by atoms with Crippen molar-refractivity contribution in [2.45, 2.75) is 18.7 Å². The summed E-state index contributed by atoms with van der Waals surface area (Å²) >= 11 is 4.59. The van der Waals surface area contributed by atoms with Gasteiger partial charge < -0.3 is 0 Å². The van der Waals surface area contributed by atoms with Crippen LogP contribution in [0.1, 0.15) is 10.4 Å². The molecule has 1 N–H and O–H groups in total. The molecule has 0 amide bonds. The zero-order chi connectivity index (χ0) is 14.2. The summed E-state index contributed by atoms with van der Waals surface area (Å²) in [4.78, 5) is 0.876. The first-order valence-electron chi connectivity index (χ1n) is 5.34. The van der Waals surface area contributed by atoms with E-state index in [-0.39, 0.29) is 10.6 Å². The largest absolute Gasteiger partial charge is 0.279 e. The fourth-order valence-electron chi connectivity index (χ4n) is 1.60. The van der Waals surface area contributed by atoms with Crippen molar-refractivity contribution in [3.63, 3.8) is 0 Å². The summed E-state index contributed by atoms with van der Waals surface area (Å²) < 4.78 is 40.8. The maximum atomic E-state index is 13.2. The number of benzene rings is 1. The third-order valence-corrected chi connectivity index (χ3v) is 5.75. The van der Waals surface area contributed by atoms with Crippen LogP contribution in [0.5, 0.6) is 0 Å². The Morgan fingerprint density at radius 1 is 1.26 bits per heavy atom. The first-order valence-corrected chi connectivity index (χ1v) is 8.44. The minimum absolute atomic E-state index is 0.202. The van der Waals surface area contributed by atoms with Crippen LogP contribution in [-0.4, -0.2) is 8.42 Å². The fourth-order valence-corrected chi connectivity index (χ4v) is 5.14. The van der Waals surface area contributed by atoms with Gasteiger partial charge >= 0.3 is 0 Å². The number of aryl methyl sites for hydroxylation is 2. The highest BCUT2D eigenvalue weighted by molar-refractivity contribution is 9.11. The number of sulfonamides is 1. The molecule has 2 rings (SSSR count). The summed E-state index contributed by atoms with van der Waals surface area (Å²) in [7, 11) is -3.70. The van der Waals surface area contributed by atoms with Crippen molar-refractivity contribution in [3.05, 3.63) is 44.3 Å². The van der Waals surface area contributed by atoms with Gasteiger partial charge in [0.25, 0.3) is 10.0 Å². The molecule has 0 saturated carbocycles. The minimum atomic E-state index is -3.70. The summed E-state index contributed by atoms with van der Waals surface area (Å²) in [5.74, 6) is -0.480. The van der Waals surface area contributed by atoms with Gasteiger partial charge in [0.05, 0.1) is 9.47 Å². The van der Waals surface area contributed by atoms with Crippen LogP contribution in [-0.2, 0) is 10.0 Å². The molecule has 0 spiro atoms. The number of rotatable bonds is 3. The molecule has 0 aliphatic carbocycles. The van der Waals surface area contributed by atoms with Gasteiger partial charge in [-0.1, -0.05) is 6.07 Å². The van der Waals surface area contributed by atoms with E-state index in [1.807, 2.05) is 0 Å². The second kappa shape index (κ2) is 5.22. The first-order chi connectivity index (χ1) is 8.79. The standard InChI is InChI=1S/C12H11BrFNO2S2/c1-7-3-4-9(14)5-10(7)15-19(16,17)11-6-12(13)18-8(11)2/h3-6,15H,1-2H3. The monoisotopic (exact) mass is 363 g/mol. The van der Waals surface area contributed by atoms with Gasteiger partial charge in [0.1, 0.15) is 10.7 Å². The SMILES string of the molecule is Cc1ccc(F)cc1NS(=O)(=O)c1cc(Br)sc1C. The molecule has 0 radical (unpaired) electrons. The Morgan fingerprint density at radius 3 is 2.53 bits per heavy atom. The van der Waals surface area contributed by atoms with Gasteiger partial charge in [-0.2, -0.15) is 0 Å². The van der Waals surface area contributed by atoms with Crippen LogP contribution in [0, 0.1) is 19.7 Å². The van der Waals surface area contributed by atoms with Gasteiger partial charge in [-0.25, -0.2) is 12.8 Å². The van der Waals surface area contributed by atoms with Crippen molar-refractivity contribution >= 4 is 43.0 Å². The molecular formula is C12H11BrFNO2S2. The molecule has 0 aliphatic heterocycles. The zero-order valence-corrected chi connectivity index (χ0v) is 13.4. The van der Waals surface area contributed by atoms with E-state index < -0.39 is 15.8 Å². The van der Waals surface area contributed by atoms with Crippen LogP contribution >= 0.6 is 27.3 Å². The molecule has 0 aliphatic rings. The third-order valence-electron chi connectivity index (χ3n) is 2.58. The van der Waals surface area contributed by atoms with Crippen molar-refractivity contribution in [1.82, 2.24) is 0 Å². The first kappa shape index (κ1) is 14.5. The number of halogens is 2. The van der Waals surface area contributed by atoms with Gasteiger partial charge in [0.2, 0.25) is 0 Å². The lowest BCUT2D eigenvalue weighted by molar-refractivity contribution is 0.601. The number of nitrogens with one attached hydrogen (secondary N) is 1. The fraction of sp³-hybridized carbons (Fsp3) is 0.167. The molecule has 19 heavy (non-hydrogen) atoms. The summed E-state index contributed by atoms with van der Waals surface area (Å²) in [6, 6.07) is 5.53. The Morgan fingerprint density at radius 2 is 1.95 bits per heavy atom. The second-order valence-electron chi connectivity index (χ2n) is 4.04. The van der Waals surface area contributed by atoms with Gasteiger partial charge in [-0.05, 0) is 53.5 Å². The predicted molar refractivity (Wildman–Crippen MR) is 78.7 cm³/mol. The second-order valence-corrected chi connectivity index (χ2v) is 8.32. The molecule has 102 valence electrons. The molecular weight excluding hydrogens is 353 g/mol. The quantitative estimate of drug-likeness (QED) is 0.893. The van der Waals surface area contributed by atoms with Crippen molar-refractivity contribution in [2.24, 2.45) is 0 Å². The van der Waals surface area contributed by atoms with Gasteiger partial charge in [0.15, 0.2) is 0 Å². The number of thiophene rings is 1. The molecule has 1 aromatic heterocycles. The zero-order valence-electron chi connectivity index (χ0n) is 10.2. The van der Waals surface area contributed by atoms with Crippen molar-refractivity contribution in [1.29, 1.82) is 0 Å². The van der Waals surface area contributed by atoms with E-state index in [2.05, 4.69) is 20.7 Å². The van der Waals surface area contributed by atoms with E-state index in [0.29, 0.717) is 10.4 Å². The van der Waals surface area contributed by atoms with E-state index in [0.717, 1.165) is 3.79 Å². The molecule has 0 atom stereocenters. The van der Waals surface area contributed by atoms with Gasteiger partial charge in [-0.3, -0.25) is 4.72 Å². The lowest BCUT2D eigenvalue weighted by atomic mass is 10.2. The Kier molecular flexibility index (Phi) is 3.98. The molecule has 1 heterocycles. The molecule has 7 heteroatoms. The predicted octanol–water partition coefficient (Wildman–Crippen LogP) is 4.07. The lowest BCUT2D eigenvalue weighted by Gasteiger charge is -2.10. The van der Waals surface area contributed by atoms with Crippen molar-refractivity contribution < 1.29 is 12.8 Å². The summed E-state index contributed by atoms with van der Waals surface area (Å²) in [6.07, 6.45) is 0. The Hall–Kier alpha value is -0.920. The highest BCUT2D eigenvalue weighted by Crippen LogP contribution is 2.31.